The molecule has 0 fully saturated rings. The van der Waals surface area contributed by atoms with E-state index < -0.39 is 0 Å². The number of hydrogen-bond donors (Lipinski definition) is 0. The van der Waals surface area contributed by atoms with Crippen molar-refractivity contribution >= 4 is 12.0 Å². The number of benzene rings is 1. The Bertz CT molecular complexity index is 427. The van der Waals surface area contributed by atoms with Gasteiger partial charge in [-0.25, -0.2) is 5.06 Å². The second kappa shape index (κ2) is 5.83. The quantitative estimate of drug-likeness (QED) is 0.607. The van der Waals surface area contributed by atoms with Gasteiger partial charge >= 0.3 is 0 Å². The second-order valence-corrected chi connectivity index (χ2v) is 5.22. The lowest BCUT2D eigenvalue weighted by Gasteiger charge is -2.18. The summed E-state index contributed by atoms with van der Waals surface area (Å²) in [6, 6.07) is 8.20. The molecule has 0 unspecified atom stereocenters. The minimum Gasteiger partial charge on any atom is -0.274 e. The monoisotopic (exact) mass is 247 g/mol. The van der Waals surface area contributed by atoms with Crippen LogP contribution in [-0.2, 0) is 15.0 Å². The van der Waals surface area contributed by atoms with Gasteiger partial charge in [0.1, 0.15) is 0 Å². The molecule has 98 valence electrons. The predicted molar refractivity (Wildman–Crippen MR) is 74.0 cm³/mol. The zero-order valence-corrected chi connectivity index (χ0v) is 11.7. The van der Waals surface area contributed by atoms with Gasteiger partial charge in [0, 0.05) is 13.1 Å². The van der Waals surface area contributed by atoms with Crippen LogP contribution in [0.1, 0.15) is 31.9 Å². The van der Waals surface area contributed by atoms with Gasteiger partial charge in [0.2, 0.25) is 0 Å². The smallest absolute Gasteiger partial charge is 0.269 e. The van der Waals surface area contributed by atoms with E-state index in [1.54, 1.807) is 13.1 Å². The number of rotatable bonds is 3. The molecule has 0 radical (unpaired) electrons. The van der Waals surface area contributed by atoms with Crippen molar-refractivity contribution in [1.82, 2.24) is 5.06 Å². The zero-order chi connectivity index (χ0) is 13.8. The van der Waals surface area contributed by atoms with Gasteiger partial charge in [-0.3, -0.25) is 9.63 Å². The SMILES string of the molecule is CON(C)C(=O)/C=C/c1ccc(C(C)(C)C)cc1. The van der Waals surface area contributed by atoms with Crippen molar-refractivity contribution in [2.45, 2.75) is 26.2 Å². The number of nitrogens with zero attached hydrogens (tertiary/aromatic N) is 1. The van der Waals surface area contributed by atoms with Crippen LogP contribution in [0.2, 0.25) is 0 Å². The molecular formula is C15H21NO2. The standard InChI is InChI=1S/C15H21NO2/c1-15(2,3)13-9-6-12(7-10-13)8-11-14(17)16(4)18-5/h6-11H,1-5H3/b11-8+. The van der Waals surface area contributed by atoms with Crippen molar-refractivity contribution in [2.24, 2.45) is 0 Å². The van der Waals surface area contributed by atoms with Crippen molar-refractivity contribution in [3.63, 3.8) is 0 Å². The average molecular weight is 247 g/mol. The fourth-order valence-corrected chi connectivity index (χ4v) is 1.46. The van der Waals surface area contributed by atoms with Crippen molar-refractivity contribution in [3.05, 3.63) is 41.5 Å². The molecule has 0 saturated heterocycles. The van der Waals surface area contributed by atoms with Crippen LogP contribution in [0.3, 0.4) is 0 Å². The Morgan fingerprint density at radius 2 is 1.78 bits per heavy atom. The van der Waals surface area contributed by atoms with E-state index in [1.807, 2.05) is 12.1 Å². The van der Waals surface area contributed by atoms with Crippen LogP contribution in [0.15, 0.2) is 30.3 Å². The average Bonchev–Trinajstić information content (AvgIpc) is 2.34. The molecule has 0 aliphatic heterocycles. The maximum absolute atomic E-state index is 11.5. The van der Waals surface area contributed by atoms with Gasteiger partial charge in [-0.2, -0.15) is 0 Å². The summed E-state index contributed by atoms with van der Waals surface area (Å²) >= 11 is 0. The second-order valence-electron chi connectivity index (χ2n) is 5.22. The third kappa shape index (κ3) is 4.00. The van der Waals surface area contributed by atoms with E-state index in [0.717, 1.165) is 5.56 Å². The maximum Gasteiger partial charge on any atom is 0.269 e. The lowest BCUT2D eigenvalue weighted by molar-refractivity contribution is -0.162. The normalized spacial score (nSPS) is 11.8. The molecule has 1 aromatic rings. The molecule has 1 rings (SSSR count). The number of amides is 1. The van der Waals surface area contributed by atoms with Gasteiger partial charge in [0.05, 0.1) is 7.11 Å². The summed E-state index contributed by atoms with van der Waals surface area (Å²) in [4.78, 5) is 16.3. The fourth-order valence-electron chi connectivity index (χ4n) is 1.46. The Labute approximate surface area is 109 Å². The van der Waals surface area contributed by atoms with E-state index in [1.165, 1.54) is 23.8 Å². The van der Waals surface area contributed by atoms with Gasteiger partial charge < -0.3 is 0 Å². The molecule has 0 spiro atoms. The highest BCUT2D eigenvalue weighted by atomic mass is 16.7. The summed E-state index contributed by atoms with van der Waals surface area (Å²) in [5, 5.41) is 1.18. The Kier molecular flexibility index (Phi) is 4.68. The number of likely N-dealkylation sites (N-methyl/N-ethyl adjacent to an activating group) is 1. The van der Waals surface area contributed by atoms with E-state index in [2.05, 4.69) is 32.9 Å². The molecule has 0 aromatic heterocycles. The molecule has 0 N–H and O–H groups in total. The van der Waals surface area contributed by atoms with Crippen molar-refractivity contribution < 1.29 is 9.63 Å². The molecule has 3 heteroatoms. The molecule has 3 nitrogen and oxygen atoms in total. The first-order chi connectivity index (χ1) is 8.34. The Balaban J connectivity index is 2.76. The third-order valence-electron chi connectivity index (χ3n) is 2.78. The number of carbonyl (C=O) groups is 1. The van der Waals surface area contributed by atoms with Crippen LogP contribution < -0.4 is 0 Å². The van der Waals surface area contributed by atoms with E-state index in [-0.39, 0.29) is 11.3 Å². The van der Waals surface area contributed by atoms with Crippen LogP contribution >= 0.6 is 0 Å². The first-order valence-corrected chi connectivity index (χ1v) is 5.95. The third-order valence-corrected chi connectivity index (χ3v) is 2.78. The summed E-state index contributed by atoms with van der Waals surface area (Å²) in [5.74, 6) is -0.183. The minimum atomic E-state index is -0.183. The van der Waals surface area contributed by atoms with E-state index in [9.17, 15) is 4.79 Å². The fraction of sp³-hybridized carbons (Fsp3) is 0.400. The van der Waals surface area contributed by atoms with E-state index >= 15 is 0 Å². The Morgan fingerprint density at radius 1 is 1.22 bits per heavy atom. The summed E-state index contributed by atoms with van der Waals surface area (Å²) in [5.41, 5.74) is 2.43. The zero-order valence-electron chi connectivity index (χ0n) is 11.7. The first kappa shape index (κ1) is 14.5. The molecular weight excluding hydrogens is 226 g/mol. The Morgan fingerprint density at radius 3 is 2.22 bits per heavy atom. The lowest BCUT2D eigenvalue weighted by atomic mass is 9.87. The van der Waals surface area contributed by atoms with Gasteiger partial charge in [0.15, 0.2) is 0 Å². The topological polar surface area (TPSA) is 29.5 Å². The van der Waals surface area contributed by atoms with Gasteiger partial charge in [0.25, 0.3) is 5.91 Å². The summed E-state index contributed by atoms with van der Waals surface area (Å²) in [7, 11) is 3.04. The lowest BCUT2D eigenvalue weighted by Crippen LogP contribution is -2.22. The van der Waals surface area contributed by atoms with Crippen LogP contribution in [-0.4, -0.2) is 25.1 Å². The number of hydroxylamine groups is 2. The van der Waals surface area contributed by atoms with Crippen LogP contribution in [0.25, 0.3) is 6.08 Å². The van der Waals surface area contributed by atoms with Crippen LogP contribution in [0.5, 0.6) is 0 Å². The number of hydrogen-bond acceptors (Lipinski definition) is 2. The molecule has 0 saturated carbocycles. The molecule has 0 aliphatic rings. The highest BCUT2D eigenvalue weighted by molar-refractivity contribution is 5.90. The highest BCUT2D eigenvalue weighted by Gasteiger charge is 2.12. The molecule has 0 heterocycles. The summed E-state index contributed by atoms with van der Waals surface area (Å²) in [6.45, 7) is 6.53. The predicted octanol–water partition coefficient (Wildman–Crippen LogP) is 3.02. The van der Waals surface area contributed by atoms with E-state index in [0.29, 0.717) is 0 Å². The molecule has 0 aliphatic carbocycles. The molecule has 0 bridgehead atoms. The molecule has 1 amide bonds. The largest absolute Gasteiger partial charge is 0.274 e. The molecule has 18 heavy (non-hydrogen) atoms. The van der Waals surface area contributed by atoms with Crippen molar-refractivity contribution in [1.29, 1.82) is 0 Å². The van der Waals surface area contributed by atoms with Crippen LogP contribution in [0.4, 0.5) is 0 Å². The van der Waals surface area contributed by atoms with Crippen LogP contribution in [0, 0.1) is 0 Å². The molecule has 1 aromatic carbocycles. The van der Waals surface area contributed by atoms with Gasteiger partial charge in [-0.1, -0.05) is 45.0 Å². The van der Waals surface area contributed by atoms with Crippen molar-refractivity contribution in [2.75, 3.05) is 14.2 Å². The summed E-state index contributed by atoms with van der Waals surface area (Å²) < 4.78 is 0. The number of carbonyl (C=O) groups excluding carboxylic acids is 1. The summed E-state index contributed by atoms with van der Waals surface area (Å²) in [6.07, 6.45) is 3.28. The van der Waals surface area contributed by atoms with Gasteiger partial charge in [-0.15, -0.1) is 0 Å². The highest BCUT2D eigenvalue weighted by Crippen LogP contribution is 2.22. The maximum atomic E-state index is 11.5. The minimum absolute atomic E-state index is 0.147. The van der Waals surface area contributed by atoms with Crippen molar-refractivity contribution in [3.8, 4) is 0 Å². The Hall–Kier alpha value is -1.61. The first-order valence-electron chi connectivity index (χ1n) is 5.95. The van der Waals surface area contributed by atoms with E-state index in [4.69, 9.17) is 4.84 Å². The van der Waals surface area contributed by atoms with Gasteiger partial charge in [-0.05, 0) is 22.6 Å². The molecule has 0 atom stereocenters.